The Hall–Kier alpha value is -1.83. The second-order valence-electron chi connectivity index (χ2n) is 5.01. The molecule has 0 aliphatic rings. The van der Waals surface area contributed by atoms with E-state index < -0.39 is 17.2 Å². The van der Waals surface area contributed by atoms with E-state index in [0.717, 1.165) is 0 Å². The number of carboxylic acids is 1. The minimum atomic E-state index is -0.988. The maximum atomic E-state index is 13.6. The number of nitrogens with zero attached hydrogens (tertiary/aromatic N) is 4. The molecule has 0 aliphatic heterocycles. The topological polar surface area (TPSA) is 80.9 Å². The molecule has 0 saturated carbocycles. The summed E-state index contributed by atoms with van der Waals surface area (Å²) < 4.78 is 15.3. The van der Waals surface area contributed by atoms with E-state index in [4.69, 9.17) is 0 Å². The molecule has 1 aromatic heterocycles. The molecule has 2 rings (SSSR count). The van der Waals surface area contributed by atoms with E-state index in [0.29, 0.717) is 22.3 Å². The highest BCUT2D eigenvalue weighted by Gasteiger charge is 2.33. The van der Waals surface area contributed by atoms with Gasteiger partial charge in [0, 0.05) is 5.56 Å². The number of hydrogen-bond donors (Lipinski definition) is 1. The normalized spacial score (nSPS) is 13.9. The monoisotopic (exact) mass is 356 g/mol. The van der Waals surface area contributed by atoms with Gasteiger partial charge in [0.2, 0.25) is 0 Å². The molecule has 1 heterocycles. The number of aromatic nitrogens is 4. The zero-order chi connectivity index (χ0) is 15.6. The summed E-state index contributed by atoms with van der Waals surface area (Å²) in [6.45, 7) is 3.53. The standard InChI is InChI=1S/C13H14BrFN4O2/c1-3-13(2,12(20)21)7-19-11(16-17-18-19)8-4-5-9(14)10(15)6-8/h4-6H,3,7H2,1-2H3,(H,20,21). The van der Waals surface area contributed by atoms with Crippen molar-refractivity contribution < 1.29 is 14.3 Å². The van der Waals surface area contributed by atoms with Crippen LogP contribution in [0.4, 0.5) is 4.39 Å². The lowest BCUT2D eigenvalue weighted by Crippen LogP contribution is -2.32. The number of benzene rings is 1. The first-order valence-electron chi connectivity index (χ1n) is 6.32. The molecule has 1 atom stereocenters. The van der Waals surface area contributed by atoms with Crippen LogP contribution in [0, 0.1) is 11.2 Å². The summed E-state index contributed by atoms with van der Waals surface area (Å²) in [5.74, 6) is -1.02. The van der Waals surface area contributed by atoms with Crippen molar-refractivity contribution in [2.45, 2.75) is 26.8 Å². The van der Waals surface area contributed by atoms with Gasteiger partial charge in [0.05, 0.1) is 16.4 Å². The first-order chi connectivity index (χ1) is 9.87. The smallest absolute Gasteiger partial charge is 0.311 e. The van der Waals surface area contributed by atoms with Gasteiger partial charge in [-0.15, -0.1) is 5.10 Å². The van der Waals surface area contributed by atoms with Gasteiger partial charge in [0.15, 0.2) is 5.82 Å². The fraction of sp³-hybridized carbons (Fsp3) is 0.385. The summed E-state index contributed by atoms with van der Waals surface area (Å²) in [5.41, 5.74) is -0.498. The molecular weight excluding hydrogens is 343 g/mol. The second-order valence-corrected chi connectivity index (χ2v) is 5.86. The van der Waals surface area contributed by atoms with Crippen LogP contribution in [-0.2, 0) is 11.3 Å². The molecule has 8 heteroatoms. The molecule has 1 N–H and O–H groups in total. The molecule has 6 nitrogen and oxygen atoms in total. The van der Waals surface area contributed by atoms with E-state index in [1.807, 2.05) is 0 Å². The Bertz CT molecular complexity index is 676. The molecule has 1 unspecified atom stereocenters. The zero-order valence-electron chi connectivity index (χ0n) is 11.5. The summed E-state index contributed by atoms with van der Waals surface area (Å²) >= 11 is 3.08. The molecular formula is C13H14BrFN4O2. The number of carbonyl (C=O) groups is 1. The van der Waals surface area contributed by atoms with Gasteiger partial charge in [-0.05, 0) is 57.9 Å². The third-order valence-electron chi connectivity index (χ3n) is 3.51. The Morgan fingerprint density at radius 3 is 2.81 bits per heavy atom. The minimum absolute atomic E-state index is 0.110. The highest BCUT2D eigenvalue weighted by Crippen LogP contribution is 2.27. The average Bonchev–Trinajstić information content (AvgIpc) is 2.89. The number of halogens is 2. The van der Waals surface area contributed by atoms with Crippen LogP contribution >= 0.6 is 15.9 Å². The molecule has 0 amide bonds. The predicted octanol–water partition coefficient (Wildman–Crippen LogP) is 2.74. The molecule has 2 aromatic rings. The van der Waals surface area contributed by atoms with Crippen LogP contribution in [0.1, 0.15) is 20.3 Å². The average molecular weight is 357 g/mol. The molecule has 0 bridgehead atoms. The van der Waals surface area contributed by atoms with Crippen LogP contribution in [0.5, 0.6) is 0 Å². The van der Waals surface area contributed by atoms with Crippen LogP contribution < -0.4 is 0 Å². The third kappa shape index (κ3) is 3.10. The second kappa shape index (κ2) is 5.88. The third-order valence-corrected chi connectivity index (χ3v) is 4.15. The summed E-state index contributed by atoms with van der Waals surface area (Å²) in [6, 6.07) is 4.52. The van der Waals surface area contributed by atoms with Crippen LogP contribution in [0.15, 0.2) is 22.7 Å². The summed E-state index contributed by atoms with van der Waals surface area (Å²) in [6.07, 6.45) is 0.427. The highest BCUT2D eigenvalue weighted by molar-refractivity contribution is 9.10. The van der Waals surface area contributed by atoms with Crippen LogP contribution in [0.3, 0.4) is 0 Å². The van der Waals surface area contributed by atoms with E-state index in [2.05, 4.69) is 31.5 Å². The Morgan fingerprint density at radius 2 is 2.24 bits per heavy atom. The van der Waals surface area contributed by atoms with Crippen molar-refractivity contribution in [3.8, 4) is 11.4 Å². The van der Waals surface area contributed by atoms with E-state index >= 15 is 0 Å². The predicted molar refractivity (Wildman–Crippen MR) is 76.9 cm³/mol. The van der Waals surface area contributed by atoms with E-state index in [1.165, 1.54) is 10.7 Å². The van der Waals surface area contributed by atoms with E-state index in [9.17, 15) is 14.3 Å². The first-order valence-corrected chi connectivity index (χ1v) is 7.11. The maximum absolute atomic E-state index is 13.6. The first kappa shape index (κ1) is 15.6. The van der Waals surface area contributed by atoms with Crippen LogP contribution in [-0.4, -0.2) is 31.3 Å². The van der Waals surface area contributed by atoms with Gasteiger partial charge in [0.1, 0.15) is 5.82 Å². The minimum Gasteiger partial charge on any atom is -0.481 e. The fourth-order valence-corrected chi connectivity index (χ4v) is 2.06. The SMILES string of the molecule is CCC(C)(Cn1nnnc1-c1ccc(Br)c(F)c1)C(=O)O. The summed E-state index contributed by atoms with van der Waals surface area (Å²) in [5, 5.41) is 20.6. The number of rotatable bonds is 5. The maximum Gasteiger partial charge on any atom is 0.311 e. The molecule has 1 aromatic carbocycles. The van der Waals surface area contributed by atoms with Crippen molar-refractivity contribution in [3.63, 3.8) is 0 Å². The van der Waals surface area contributed by atoms with Gasteiger partial charge in [-0.25, -0.2) is 9.07 Å². The van der Waals surface area contributed by atoms with E-state index in [1.54, 1.807) is 26.0 Å². The van der Waals surface area contributed by atoms with Gasteiger partial charge in [-0.1, -0.05) is 6.92 Å². The molecule has 112 valence electrons. The van der Waals surface area contributed by atoms with Gasteiger partial charge in [0.25, 0.3) is 0 Å². The molecule has 0 saturated heterocycles. The Kier molecular flexibility index (Phi) is 4.36. The number of carboxylic acid groups (broad SMARTS) is 1. The van der Waals surface area contributed by atoms with Crippen molar-refractivity contribution >= 4 is 21.9 Å². The Morgan fingerprint density at radius 1 is 1.52 bits per heavy atom. The number of hydrogen-bond acceptors (Lipinski definition) is 4. The lowest BCUT2D eigenvalue weighted by Gasteiger charge is -2.22. The lowest BCUT2D eigenvalue weighted by atomic mass is 9.88. The van der Waals surface area contributed by atoms with Gasteiger partial charge in [-0.3, -0.25) is 4.79 Å². The Balaban J connectivity index is 2.39. The van der Waals surface area contributed by atoms with Crippen molar-refractivity contribution in [3.05, 3.63) is 28.5 Å². The fourth-order valence-electron chi connectivity index (χ4n) is 1.81. The molecule has 0 aliphatic carbocycles. The van der Waals surface area contributed by atoms with Crippen molar-refractivity contribution in [2.75, 3.05) is 0 Å². The van der Waals surface area contributed by atoms with Gasteiger partial charge in [-0.2, -0.15) is 0 Å². The molecule has 0 spiro atoms. The van der Waals surface area contributed by atoms with Crippen molar-refractivity contribution in [2.24, 2.45) is 5.41 Å². The Labute approximate surface area is 129 Å². The molecule has 0 fully saturated rings. The molecule has 0 radical (unpaired) electrons. The van der Waals surface area contributed by atoms with Crippen molar-refractivity contribution in [1.29, 1.82) is 0 Å². The van der Waals surface area contributed by atoms with Crippen molar-refractivity contribution in [1.82, 2.24) is 20.2 Å². The lowest BCUT2D eigenvalue weighted by molar-refractivity contribution is -0.149. The summed E-state index contributed by atoms with van der Waals surface area (Å²) in [4.78, 5) is 11.4. The number of aliphatic carboxylic acids is 1. The largest absolute Gasteiger partial charge is 0.481 e. The summed E-state index contributed by atoms with van der Waals surface area (Å²) in [7, 11) is 0. The number of tetrazole rings is 1. The zero-order valence-corrected chi connectivity index (χ0v) is 13.1. The van der Waals surface area contributed by atoms with Crippen LogP contribution in [0.2, 0.25) is 0 Å². The van der Waals surface area contributed by atoms with Crippen LogP contribution in [0.25, 0.3) is 11.4 Å². The molecule has 21 heavy (non-hydrogen) atoms. The van der Waals surface area contributed by atoms with E-state index in [-0.39, 0.29) is 6.54 Å². The highest BCUT2D eigenvalue weighted by atomic mass is 79.9. The van der Waals surface area contributed by atoms with Gasteiger partial charge >= 0.3 is 5.97 Å². The van der Waals surface area contributed by atoms with Gasteiger partial charge < -0.3 is 5.11 Å². The quantitative estimate of drug-likeness (QED) is 0.890.